The number of fused-ring (bicyclic) bond motifs is 3. The van der Waals surface area contributed by atoms with Crippen LogP contribution >= 0.6 is 0 Å². The van der Waals surface area contributed by atoms with Gasteiger partial charge in [-0.25, -0.2) is 4.79 Å². The van der Waals surface area contributed by atoms with Crippen molar-refractivity contribution in [2.75, 3.05) is 11.9 Å². The predicted molar refractivity (Wildman–Crippen MR) is 133 cm³/mol. The van der Waals surface area contributed by atoms with E-state index in [0.717, 1.165) is 22.3 Å². The van der Waals surface area contributed by atoms with E-state index in [0.29, 0.717) is 24.1 Å². The van der Waals surface area contributed by atoms with Crippen molar-refractivity contribution in [3.8, 4) is 11.1 Å². The van der Waals surface area contributed by atoms with E-state index in [1.807, 2.05) is 43.3 Å². The first kappa shape index (κ1) is 24.0. The Labute approximate surface area is 204 Å². The third-order valence-corrected chi connectivity index (χ3v) is 6.15. The Morgan fingerprint density at radius 3 is 2.14 bits per heavy atom. The van der Waals surface area contributed by atoms with Gasteiger partial charge in [-0.05, 0) is 40.3 Å². The number of carbonyl (C=O) groups excluding carboxylic acids is 2. The number of hydrogen-bond acceptors (Lipinski definition) is 4. The molecule has 3 aromatic rings. The van der Waals surface area contributed by atoms with Crippen LogP contribution in [0.1, 0.15) is 42.4 Å². The smallest absolute Gasteiger partial charge is 0.407 e. The Morgan fingerprint density at radius 2 is 1.51 bits per heavy atom. The lowest BCUT2D eigenvalue weighted by Crippen LogP contribution is -2.44. The summed E-state index contributed by atoms with van der Waals surface area (Å²) in [6, 6.07) is 22.1. The molecule has 0 saturated carbocycles. The molecule has 3 N–H and O–H groups in total. The molecule has 35 heavy (non-hydrogen) atoms. The van der Waals surface area contributed by atoms with Crippen LogP contribution in [0.4, 0.5) is 10.5 Å². The van der Waals surface area contributed by atoms with Crippen molar-refractivity contribution in [3.63, 3.8) is 0 Å². The van der Waals surface area contributed by atoms with Crippen molar-refractivity contribution in [1.82, 2.24) is 5.32 Å². The molecule has 0 saturated heterocycles. The normalized spacial score (nSPS) is 12.8. The monoisotopic (exact) mass is 472 g/mol. The van der Waals surface area contributed by atoms with Crippen LogP contribution in [0.5, 0.6) is 0 Å². The first-order valence-electron chi connectivity index (χ1n) is 11.7. The van der Waals surface area contributed by atoms with Gasteiger partial charge in [-0.15, -0.1) is 0 Å². The molecular weight excluding hydrogens is 444 g/mol. The first-order chi connectivity index (χ1) is 17.0. The molecule has 4 rings (SSSR count). The number of anilines is 1. The fourth-order valence-electron chi connectivity index (χ4n) is 4.52. The molecule has 0 aliphatic heterocycles. The summed E-state index contributed by atoms with van der Waals surface area (Å²) >= 11 is 0. The van der Waals surface area contributed by atoms with Crippen molar-refractivity contribution < 1.29 is 24.2 Å². The van der Waals surface area contributed by atoms with Gasteiger partial charge in [0.15, 0.2) is 0 Å². The van der Waals surface area contributed by atoms with Gasteiger partial charge in [0.25, 0.3) is 0 Å². The maximum atomic E-state index is 12.9. The van der Waals surface area contributed by atoms with Gasteiger partial charge < -0.3 is 20.5 Å². The second-order valence-corrected chi connectivity index (χ2v) is 8.53. The fraction of sp³-hybridized carbons (Fsp3) is 0.250. The maximum absolute atomic E-state index is 12.9. The molecule has 3 aromatic carbocycles. The van der Waals surface area contributed by atoms with E-state index in [9.17, 15) is 14.4 Å². The summed E-state index contributed by atoms with van der Waals surface area (Å²) in [6.45, 7) is 2.07. The number of rotatable bonds is 9. The number of aliphatic carboxylic acids is 1. The molecule has 0 radical (unpaired) electrons. The average molecular weight is 473 g/mol. The zero-order valence-electron chi connectivity index (χ0n) is 19.5. The molecule has 0 spiro atoms. The van der Waals surface area contributed by atoms with Crippen molar-refractivity contribution in [3.05, 3.63) is 89.5 Å². The third-order valence-electron chi connectivity index (χ3n) is 6.15. The van der Waals surface area contributed by atoms with Gasteiger partial charge in [0.1, 0.15) is 12.6 Å². The fourth-order valence-corrected chi connectivity index (χ4v) is 4.52. The van der Waals surface area contributed by atoms with Gasteiger partial charge in [-0.2, -0.15) is 0 Å². The van der Waals surface area contributed by atoms with E-state index in [4.69, 9.17) is 9.84 Å². The van der Waals surface area contributed by atoms with Gasteiger partial charge in [0, 0.05) is 11.6 Å². The lowest BCUT2D eigenvalue weighted by Gasteiger charge is -2.20. The largest absolute Gasteiger partial charge is 0.481 e. The van der Waals surface area contributed by atoms with E-state index < -0.39 is 24.0 Å². The molecule has 1 atom stereocenters. The second-order valence-electron chi connectivity index (χ2n) is 8.53. The first-order valence-corrected chi connectivity index (χ1v) is 11.7. The molecular formula is C28H28N2O5. The van der Waals surface area contributed by atoms with Crippen molar-refractivity contribution in [1.29, 1.82) is 0 Å². The summed E-state index contributed by atoms with van der Waals surface area (Å²) in [6.07, 6.45) is 0.198. The molecule has 1 aliphatic rings. The molecule has 7 nitrogen and oxygen atoms in total. The molecule has 1 aliphatic carbocycles. The highest BCUT2D eigenvalue weighted by molar-refractivity contribution is 5.97. The molecule has 0 fully saturated rings. The number of carboxylic acid groups (broad SMARTS) is 1. The molecule has 0 heterocycles. The minimum atomic E-state index is -0.992. The number of carboxylic acids is 1. The predicted octanol–water partition coefficient (Wildman–Crippen LogP) is 4.96. The van der Waals surface area contributed by atoms with Gasteiger partial charge in [0.2, 0.25) is 5.91 Å². The average Bonchev–Trinajstić information content (AvgIpc) is 3.17. The Bertz CT molecular complexity index is 1190. The van der Waals surface area contributed by atoms with Crippen LogP contribution in [0, 0.1) is 0 Å². The minimum absolute atomic E-state index is 0.0745. The number of alkyl carbamates (subject to hydrolysis) is 1. The number of nitrogens with one attached hydrogen (secondary N) is 2. The summed E-state index contributed by atoms with van der Waals surface area (Å²) in [5, 5.41) is 14.6. The summed E-state index contributed by atoms with van der Waals surface area (Å²) in [4.78, 5) is 36.8. The van der Waals surface area contributed by atoms with E-state index >= 15 is 0 Å². The van der Waals surface area contributed by atoms with Crippen LogP contribution in [0.25, 0.3) is 11.1 Å². The Balaban J connectivity index is 1.41. The SMILES string of the molecule is CCC[C@@H](NC(=O)OCC1c2ccccc2-c2ccccc21)C(=O)Nc1ccccc1CC(=O)O. The number of carbonyl (C=O) groups is 3. The quantitative estimate of drug-likeness (QED) is 0.408. The van der Waals surface area contributed by atoms with Crippen molar-refractivity contribution in [2.24, 2.45) is 0 Å². The molecule has 0 unspecified atom stereocenters. The lowest BCUT2D eigenvalue weighted by atomic mass is 9.98. The topological polar surface area (TPSA) is 105 Å². The van der Waals surface area contributed by atoms with Gasteiger partial charge in [-0.1, -0.05) is 80.1 Å². The van der Waals surface area contributed by atoms with Gasteiger partial charge >= 0.3 is 12.1 Å². The number of benzene rings is 3. The number of ether oxygens (including phenoxy) is 1. The third kappa shape index (κ3) is 5.51. The van der Waals surface area contributed by atoms with E-state index in [-0.39, 0.29) is 18.9 Å². The van der Waals surface area contributed by atoms with E-state index in [1.54, 1.807) is 24.3 Å². The summed E-state index contributed by atoms with van der Waals surface area (Å²) in [5.41, 5.74) is 5.40. The van der Waals surface area contributed by atoms with E-state index in [2.05, 4.69) is 22.8 Å². The van der Waals surface area contributed by atoms with Gasteiger partial charge in [0.05, 0.1) is 6.42 Å². The van der Waals surface area contributed by atoms with Crippen molar-refractivity contribution in [2.45, 2.75) is 38.1 Å². The van der Waals surface area contributed by atoms with Crippen LogP contribution in [0.3, 0.4) is 0 Å². The van der Waals surface area contributed by atoms with Gasteiger partial charge in [-0.3, -0.25) is 9.59 Å². The van der Waals surface area contributed by atoms with Crippen LogP contribution in [0.2, 0.25) is 0 Å². The number of para-hydroxylation sites is 1. The molecule has 7 heteroatoms. The molecule has 2 amide bonds. The Kier molecular flexibility index (Phi) is 7.45. The second kappa shape index (κ2) is 10.9. The zero-order chi connectivity index (χ0) is 24.8. The van der Waals surface area contributed by atoms with E-state index in [1.165, 1.54) is 0 Å². The highest BCUT2D eigenvalue weighted by Crippen LogP contribution is 2.44. The maximum Gasteiger partial charge on any atom is 0.407 e. The van der Waals surface area contributed by atoms with Crippen LogP contribution in [-0.4, -0.2) is 35.7 Å². The molecule has 0 bridgehead atoms. The number of amides is 2. The summed E-state index contributed by atoms with van der Waals surface area (Å²) < 4.78 is 5.59. The highest BCUT2D eigenvalue weighted by atomic mass is 16.5. The Hall–Kier alpha value is -4.13. The van der Waals surface area contributed by atoms with Crippen LogP contribution < -0.4 is 10.6 Å². The molecule has 180 valence electrons. The zero-order valence-corrected chi connectivity index (χ0v) is 19.5. The summed E-state index contributed by atoms with van der Waals surface area (Å²) in [7, 11) is 0. The van der Waals surface area contributed by atoms with Crippen molar-refractivity contribution >= 4 is 23.7 Å². The molecule has 0 aromatic heterocycles. The minimum Gasteiger partial charge on any atom is -0.481 e. The Morgan fingerprint density at radius 1 is 0.914 bits per heavy atom. The highest BCUT2D eigenvalue weighted by Gasteiger charge is 2.29. The summed E-state index contributed by atoms with van der Waals surface area (Å²) in [5.74, 6) is -1.48. The van der Waals surface area contributed by atoms with Crippen LogP contribution in [0.15, 0.2) is 72.8 Å². The van der Waals surface area contributed by atoms with Crippen LogP contribution in [-0.2, 0) is 20.7 Å². The standard InChI is InChI=1S/C28H28N2O5/c1-2-9-25(27(33)29-24-15-8-3-10-18(24)16-26(31)32)30-28(34)35-17-23-21-13-6-4-11-19(21)20-12-5-7-14-22(20)23/h3-8,10-15,23,25H,2,9,16-17H2,1H3,(H,29,33)(H,30,34)(H,31,32)/t25-/m1/s1. The number of hydrogen-bond donors (Lipinski definition) is 3. The lowest BCUT2D eigenvalue weighted by molar-refractivity contribution is -0.136.